The Kier molecular flexibility index (Phi) is 1.99. The van der Waals surface area contributed by atoms with E-state index in [1.165, 1.54) is 38.5 Å². The van der Waals surface area contributed by atoms with Crippen molar-refractivity contribution in [2.75, 3.05) is 0 Å². The summed E-state index contributed by atoms with van der Waals surface area (Å²) in [6.07, 6.45) is 10.5. The number of hydrogen-bond acceptors (Lipinski definition) is 1. The Labute approximate surface area is 68.7 Å². The molecular formula is C10H17N. The summed E-state index contributed by atoms with van der Waals surface area (Å²) in [5.41, 5.74) is 7.49. The van der Waals surface area contributed by atoms with E-state index >= 15 is 0 Å². The minimum absolute atomic E-state index is 0.380. The fourth-order valence-corrected chi connectivity index (χ4v) is 2.41. The molecule has 0 heterocycles. The van der Waals surface area contributed by atoms with Crippen LogP contribution in [0.15, 0.2) is 11.6 Å². The lowest BCUT2D eigenvalue weighted by Crippen LogP contribution is -2.11. The zero-order valence-corrected chi connectivity index (χ0v) is 7.05. The first kappa shape index (κ1) is 7.35. The molecule has 11 heavy (non-hydrogen) atoms. The monoisotopic (exact) mass is 151 g/mol. The molecule has 0 saturated heterocycles. The topological polar surface area (TPSA) is 26.0 Å². The van der Waals surface area contributed by atoms with Crippen LogP contribution in [0.25, 0.3) is 0 Å². The molecule has 1 fully saturated rings. The fraction of sp³-hybridized carbons (Fsp3) is 0.800. The summed E-state index contributed by atoms with van der Waals surface area (Å²) < 4.78 is 0. The highest BCUT2D eigenvalue weighted by Crippen LogP contribution is 2.35. The molecule has 62 valence electrons. The van der Waals surface area contributed by atoms with Gasteiger partial charge in [0.15, 0.2) is 0 Å². The van der Waals surface area contributed by atoms with Crippen LogP contribution in [-0.2, 0) is 0 Å². The van der Waals surface area contributed by atoms with Crippen LogP contribution in [0.2, 0.25) is 0 Å². The smallest absolute Gasteiger partial charge is 0.0229 e. The molecule has 2 N–H and O–H groups in total. The average Bonchev–Trinajstić information content (AvgIpc) is 2.55. The largest absolute Gasteiger partial charge is 0.324 e. The van der Waals surface area contributed by atoms with Crippen molar-refractivity contribution >= 4 is 0 Å². The van der Waals surface area contributed by atoms with Gasteiger partial charge in [-0.2, -0.15) is 0 Å². The highest BCUT2D eigenvalue weighted by atomic mass is 14.6. The van der Waals surface area contributed by atoms with Crippen LogP contribution >= 0.6 is 0 Å². The van der Waals surface area contributed by atoms with Crippen molar-refractivity contribution in [1.29, 1.82) is 0 Å². The molecule has 2 aliphatic carbocycles. The van der Waals surface area contributed by atoms with E-state index in [0.717, 1.165) is 5.92 Å². The maximum Gasteiger partial charge on any atom is 0.0229 e. The molecule has 2 rings (SSSR count). The zero-order valence-electron chi connectivity index (χ0n) is 7.05. The molecule has 1 atom stereocenters. The molecule has 0 radical (unpaired) electrons. The van der Waals surface area contributed by atoms with Crippen LogP contribution in [0, 0.1) is 5.92 Å². The molecule has 1 unspecified atom stereocenters. The summed E-state index contributed by atoms with van der Waals surface area (Å²) in [5.74, 6) is 0.920. The Morgan fingerprint density at radius 3 is 2.45 bits per heavy atom. The SMILES string of the molecule is NC1C=C(C2CCCC2)CC1. The summed E-state index contributed by atoms with van der Waals surface area (Å²) in [6, 6.07) is 0.380. The zero-order chi connectivity index (χ0) is 7.68. The molecule has 2 aliphatic rings. The second-order valence-electron chi connectivity index (χ2n) is 3.93. The Balaban J connectivity index is 1.98. The molecule has 1 saturated carbocycles. The summed E-state index contributed by atoms with van der Waals surface area (Å²) >= 11 is 0. The molecule has 0 spiro atoms. The third kappa shape index (κ3) is 1.48. The van der Waals surface area contributed by atoms with Gasteiger partial charge in [0.1, 0.15) is 0 Å². The number of nitrogens with two attached hydrogens (primary N) is 1. The van der Waals surface area contributed by atoms with Gasteiger partial charge in [0.05, 0.1) is 0 Å². The van der Waals surface area contributed by atoms with Crippen LogP contribution in [0.4, 0.5) is 0 Å². The van der Waals surface area contributed by atoms with E-state index in [-0.39, 0.29) is 0 Å². The molecule has 1 nitrogen and oxygen atoms in total. The highest BCUT2D eigenvalue weighted by molar-refractivity contribution is 5.17. The van der Waals surface area contributed by atoms with Gasteiger partial charge in [-0.15, -0.1) is 0 Å². The molecule has 0 aromatic carbocycles. The molecule has 0 bridgehead atoms. The second kappa shape index (κ2) is 2.98. The lowest BCUT2D eigenvalue weighted by molar-refractivity contribution is 0.618. The van der Waals surface area contributed by atoms with E-state index in [1.807, 2.05) is 0 Å². The van der Waals surface area contributed by atoms with Gasteiger partial charge in [-0.3, -0.25) is 0 Å². The Hall–Kier alpha value is -0.300. The third-order valence-corrected chi connectivity index (χ3v) is 3.07. The van der Waals surface area contributed by atoms with E-state index < -0.39 is 0 Å². The van der Waals surface area contributed by atoms with Gasteiger partial charge >= 0.3 is 0 Å². The minimum atomic E-state index is 0.380. The van der Waals surface area contributed by atoms with Crippen molar-refractivity contribution in [3.63, 3.8) is 0 Å². The molecule has 1 heteroatoms. The number of allylic oxidation sites excluding steroid dienone is 1. The normalized spacial score (nSPS) is 32.8. The van der Waals surface area contributed by atoms with Gasteiger partial charge in [0.2, 0.25) is 0 Å². The van der Waals surface area contributed by atoms with Crippen LogP contribution < -0.4 is 5.73 Å². The quantitative estimate of drug-likeness (QED) is 0.571. The first-order valence-corrected chi connectivity index (χ1v) is 4.82. The molecular weight excluding hydrogens is 134 g/mol. The summed E-state index contributed by atoms with van der Waals surface area (Å²) in [5, 5.41) is 0. The Morgan fingerprint density at radius 1 is 1.18 bits per heavy atom. The van der Waals surface area contributed by atoms with Gasteiger partial charge in [0.25, 0.3) is 0 Å². The number of rotatable bonds is 1. The standard InChI is InChI=1S/C10H17N/c11-10-6-5-9(7-10)8-3-1-2-4-8/h7-8,10H,1-6,11H2. The highest BCUT2D eigenvalue weighted by Gasteiger charge is 2.22. The van der Waals surface area contributed by atoms with Crippen molar-refractivity contribution < 1.29 is 0 Å². The van der Waals surface area contributed by atoms with Crippen molar-refractivity contribution in [1.82, 2.24) is 0 Å². The van der Waals surface area contributed by atoms with Crippen molar-refractivity contribution in [3.05, 3.63) is 11.6 Å². The van der Waals surface area contributed by atoms with Gasteiger partial charge in [-0.05, 0) is 31.6 Å². The predicted molar refractivity (Wildman–Crippen MR) is 47.3 cm³/mol. The maximum absolute atomic E-state index is 5.82. The summed E-state index contributed by atoms with van der Waals surface area (Å²) in [7, 11) is 0. The number of hydrogen-bond donors (Lipinski definition) is 1. The second-order valence-corrected chi connectivity index (χ2v) is 3.93. The molecule has 0 aliphatic heterocycles. The van der Waals surface area contributed by atoms with E-state index in [9.17, 15) is 0 Å². The molecule has 0 aromatic rings. The van der Waals surface area contributed by atoms with Crippen molar-refractivity contribution in [2.24, 2.45) is 11.7 Å². The van der Waals surface area contributed by atoms with E-state index in [4.69, 9.17) is 5.73 Å². The van der Waals surface area contributed by atoms with Crippen LogP contribution in [0.3, 0.4) is 0 Å². The van der Waals surface area contributed by atoms with E-state index in [2.05, 4.69) is 6.08 Å². The Bertz CT molecular complexity index is 166. The van der Waals surface area contributed by atoms with Gasteiger partial charge in [0, 0.05) is 6.04 Å². The first-order chi connectivity index (χ1) is 5.36. The van der Waals surface area contributed by atoms with Gasteiger partial charge < -0.3 is 5.73 Å². The maximum atomic E-state index is 5.82. The molecule has 0 amide bonds. The van der Waals surface area contributed by atoms with Crippen molar-refractivity contribution in [3.8, 4) is 0 Å². The van der Waals surface area contributed by atoms with Gasteiger partial charge in [-0.1, -0.05) is 24.5 Å². The van der Waals surface area contributed by atoms with E-state index in [1.54, 1.807) is 5.57 Å². The van der Waals surface area contributed by atoms with Crippen molar-refractivity contribution in [2.45, 2.75) is 44.6 Å². The lowest BCUT2D eigenvalue weighted by Gasteiger charge is -2.08. The first-order valence-electron chi connectivity index (χ1n) is 4.82. The lowest BCUT2D eigenvalue weighted by atomic mass is 9.97. The molecule has 0 aromatic heterocycles. The van der Waals surface area contributed by atoms with Crippen LogP contribution in [-0.4, -0.2) is 6.04 Å². The van der Waals surface area contributed by atoms with Gasteiger partial charge in [-0.25, -0.2) is 0 Å². The predicted octanol–water partition coefficient (Wildman–Crippen LogP) is 2.22. The summed E-state index contributed by atoms with van der Waals surface area (Å²) in [4.78, 5) is 0. The van der Waals surface area contributed by atoms with Crippen LogP contribution in [0.1, 0.15) is 38.5 Å². The van der Waals surface area contributed by atoms with Crippen LogP contribution in [0.5, 0.6) is 0 Å². The summed E-state index contributed by atoms with van der Waals surface area (Å²) in [6.45, 7) is 0. The third-order valence-electron chi connectivity index (χ3n) is 3.07. The average molecular weight is 151 g/mol. The minimum Gasteiger partial charge on any atom is -0.324 e. The Morgan fingerprint density at radius 2 is 1.91 bits per heavy atom. The van der Waals surface area contributed by atoms with E-state index in [0.29, 0.717) is 6.04 Å². The fourth-order valence-electron chi connectivity index (χ4n) is 2.41.